The van der Waals surface area contributed by atoms with Gasteiger partial charge < -0.3 is 9.47 Å². The Balaban J connectivity index is 1.90. The number of carbonyl (C=O) groups excluding carboxylic acids is 1. The van der Waals surface area contributed by atoms with Gasteiger partial charge in [-0.3, -0.25) is 4.79 Å². The van der Waals surface area contributed by atoms with Crippen LogP contribution in [-0.2, 0) is 14.8 Å². The number of ether oxygens (including phenoxy) is 2. The fraction of sp³-hybridized carbons (Fsp3) is 0.174. The summed E-state index contributed by atoms with van der Waals surface area (Å²) in [5.41, 5.74) is 1.34. The van der Waals surface area contributed by atoms with Crippen LogP contribution < -0.4 is 13.8 Å². The van der Waals surface area contributed by atoms with Crippen molar-refractivity contribution in [1.29, 1.82) is 5.26 Å². The van der Waals surface area contributed by atoms with Gasteiger partial charge in [-0.1, -0.05) is 6.07 Å². The molecule has 2 aromatic carbocycles. The number of methoxy groups -OCH3 is 1. The molecule has 0 aliphatic carbocycles. The Morgan fingerprint density at radius 1 is 1.12 bits per heavy atom. The molecule has 8 nitrogen and oxygen atoms in total. The highest BCUT2D eigenvalue weighted by atomic mass is 32.2. The Labute approximate surface area is 185 Å². The number of aromatic nitrogens is 1. The van der Waals surface area contributed by atoms with Crippen molar-refractivity contribution in [2.24, 2.45) is 0 Å². The summed E-state index contributed by atoms with van der Waals surface area (Å²) in [4.78, 5) is 17.8. The molecule has 0 radical (unpaired) electrons. The average molecular weight is 449 g/mol. The Morgan fingerprint density at radius 3 is 2.53 bits per heavy atom. The lowest BCUT2D eigenvalue weighted by molar-refractivity contribution is -0.117. The zero-order valence-electron chi connectivity index (χ0n) is 17.3. The van der Waals surface area contributed by atoms with Gasteiger partial charge in [0.1, 0.15) is 5.75 Å². The number of nitrogens with zero attached hydrogens (tertiary/aromatic N) is 3. The zero-order valence-corrected chi connectivity index (χ0v) is 18.2. The van der Waals surface area contributed by atoms with Gasteiger partial charge in [0.15, 0.2) is 0 Å². The van der Waals surface area contributed by atoms with Gasteiger partial charge >= 0.3 is 0 Å². The van der Waals surface area contributed by atoms with Crippen molar-refractivity contribution in [2.45, 2.75) is 17.7 Å². The summed E-state index contributed by atoms with van der Waals surface area (Å²) in [7, 11) is -2.75. The molecular formula is C23H19N3O5S. The molecule has 1 atom stereocenters. The van der Waals surface area contributed by atoms with Gasteiger partial charge in [0, 0.05) is 11.8 Å². The van der Waals surface area contributed by atoms with E-state index in [1.165, 1.54) is 55.8 Å². The topological polar surface area (TPSA) is 110 Å². The Kier molecular flexibility index (Phi) is 5.55. The van der Waals surface area contributed by atoms with E-state index in [-0.39, 0.29) is 16.5 Å². The fourth-order valence-electron chi connectivity index (χ4n) is 3.69. The van der Waals surface area contributed by atoms with Gasteiger partial charge in [0.05, 0.1) is 41.9 Å². The van der Waals surface area contributed by atoms with Crippen LogP contribution in [-0.4, -0.2) is 33.0 Å². The number of nitriles is 1. The van der Waals surface area contributed by atoms with Crippen LogP contribution >= 0.6 is 0 Å². The zero-order chi connectivity index (χ0) is 22.9. The van der Waals surface area contributed by atoms with Gasteiger partial charge in [-0.2, -0.15) is 5.26 Å². The minimum Gasteiger partial charge on any atom is -0.497 e. The molecule has 0 N–H and O–H groups in total. The lowest BCUT2D eigenvalue weighted by atomic mass is 9.92. The number of hydrogen-bond donors (Lipinski definition) is 0. The Bertz CT molecular complexity index is 1330. The van der Waals surface area contributed by atoms with Crippen LogP contribution in [0.25, 0.3) is 0 Å². The molecule has 9 heteroatoms. The largest absolute Gasteiger partial charge is 0.497 e. The van der Waals surface area contributed by atoms with Gasteiger partial charge in [-0.25, -0.2) is 17.7 Å². The SMILES string of the molecule is CCOc1ncccc1C1C(=O)N(S(=O)(=O)c2ccc(OC)cc2)c2ccc(C#N)cc21. The second kappa shape index (κ2) is 8.32. The van der Waals surface area contributed by atoms with E-state index in [2.05, 4.69) is 4.98 Å². The first-order valence-corrected chi connectivity index (χ1v) is 11.2. The summed E-state index contributed by atoms with van der Waals surface area (Å²) in [6.45, 7) is 2.11. The molecule has 0 bridgehead atoms. The molecule has 4 rings (SSSR count). The monoisotopic (exact) mass is 449 g/mol. The maximum absolute atomic E-state index is 13.6. The predicted octanol–water partition coefficient (Wildman–Crippen LogP) is 3.23. The first-order valence-electron chi connectivity index (χ1n) is 9.77. The number of carbonyl (C=O) groups is 1. The standard InChI is InChI=1S/C23H19N3O5S/c1-3-31-22-18(5-4-12-25-22)21-19-13-15(14-24)6-11-20(19)26(23(21)27)32(28,29)17-9-7-16(30-2)8-10-17/h4-13,21H,3H2,1-2H3. The third-order valence-corrected chi connectivity index (χ3v) is 6.85. The second-order valence-corrected chi connectivity index (χ2v) is 8.72. The van der Waals surface area contributed by atoms with Crippen LogP contribution in [0.3, 0.4) is 0 Å². The molecule has 1 aliphatic heterocycles. The number of fused-ring (bicyclic) bond motifs is 1. The summed E-state index contributed by atoms with van der Waals surface area (Å²) in [5, 5.41) is 9.37. The predicted molar refractivity (Wildman–Crippen MR) is 116 cm³/mol. The summed E-state index contributed by atoms with van der Waals surface area (Å²) in [6.07, 6.45) is 1.53. The number of anilines is 1. The molecule has 1 aliphatic rings. The lowest BCUT2D eigenvalue weighted by Crippen LogP contribution is -2.35. The van der Waals surface area contributed by atoms with Gasteiger partial charge in [-0.05, 0) is 61.0 Å². The van der Waals surface area contributed by atoms with E-state index in [9.17, 15) is 18.5 Å². The first kappa shape index (κ1) is 21.3. The number of sulfonamides is 1. The molecular weight excluding hydrogens is 430 g/mol. The van der Waals surface area contributed by atoms with Crippen molar-refractivity contribution in [3.63, 3.8) is 0 Å². The van der Waals surface area contributed by atoms with Crippen LogP contribution in [0.1, 0.15) is 29.5 Å². The molecule has 0 saturated heterocycles. The molecule has 3 aromatic rings. The van der Waals surface area contributed by atoms with E-state index in [0.717, 1.165) is 4.31 Å². The van der Waals surface area contributed by atoms with E-state index in [0.29, 0.717) is 29.0 Å². The third kappa shape index (κ3) is 3.44. The van der Waals surface area contributed by atoms with E-state index in [1.807, 2.05) is 6.07 Å². The molecule has 0 saturated carbocycles. The fourth-order valence-corrected chi connectivity index (χ4v) is 5.15. The summed E-state index contributed by atoms with van der Waals surface area (Å²) < 4.78 is 38.5. The molecule has 2 heterocycles. The summed E-state index contributed by atoms with van der Waals surface area (Å²) >= 11 is 0. The van der Waals surface area contributed by atoms with Crippen LogP contribution in [0.5, 0.6) is 11.6 Å². The van der Waals surface area contributed by atoms with Crippen molar-refractivity contribution in [3.8, 4) is 17.7 Å². The van der Waals surface area contributed by atoms with Crippen molar-refractivity contribution in [1.82, 2.24) is 4.98 Å². The maximum atomic E-state index is 13.6. The summed E-state index contributed by atoms with van der Waals surface area (Å²) in [5.74, 6) is -0.919. The van der Waals surface area contributed by atoms with Crippen LogP contribution in [0.2, 0.25) is 0 Å². The van der Waals surface area contributed by atoms with E-state index in [1.54, 1.807) is 19.1 Å². The van der Waals surface area contributed by atoms with Crippen molar-refractivity contribution < 1.29 is 22.7 Å². The number of benzene rings is 2. The molecule has 0 fully saturated rings. The molecule has 1 aromatic heterocycles. The molecule has 0 spiro atoms. The number of pyridine rings is 1. The van der Waals surface area contributed by atoms with E-state index >= 15 is 0 Å². The van der Waals surface area contributed by atoms with Gasteiger partial charge in [0.2, 0.25) is 5.88 Å². The van der Waals surface area contributed by atoms with Crippen molar-refractivity contribution in [3.05, 3.63) is 77.5 Å². The first-order chi connectivity index (χ1) is 15.4. The Hall–Kier alpha value is -3.90. The molecule has 1 amide bonds. The maximum Gasteiger partial charge on any atom is 0.270 e. The van der Waals surface area contributed by atoms with Gasteiger partial charge in [0.25, 0.3) is 15.9 Å². The highest BCUT2D eigenvalue weighted by Crippen LogP contribution is 2.46. The number of hydrogen-bond acceptors (Lipinski definition) is 7. The van der Waals surface area contributed by atoms with Crippen molar-refractivity contribution in [2.75, 3.05) is 18.0 Å². The highest BCUT2D eigenvalue weighted by molar-refractivity contribution is 7.93. The van der Waals surface area contributed by atoms with Gasteiger partial charge in [-0.15, -0.1) is 0 Å². The van der Waals surface area contributed by atoms with E-state index < -0.39 is 21.8 Å². The molecule has 162 valence electrons. The lowest BCUT2D eigenvalue weighted by Gasteiger charge is -2.19. The second-order valence-electron chi connectivity index (χ2n) is 6.93. The normalized spacial score (nSPS) is 15.2. The third-order valence-electron chi connectivity index (χ3n) is 5.12. The quantitative estimate of drug-likeness (QED) is 0.568. The van der Waals surface area contributed by atoms with E-state index in [4.69, 9.17) is 9.47 Å². The minimum atomic E-state index is -4.23. The van der Waals surface area contributed by atoms with Crippen LogP contribution in [0.15, 0.2) is 65.7 Å². The Morgan fingerprint density at radius 2 is 1.88 bits per heavy atom. The average Bonchev–Trinajstić information content (AvgIpc) is 3.11. The highest BCUT2D eigenvalue weighted by Gasteiger charge is 2.46. The smallest absolute Gasteiger partial charge is 0.270 e. The summed E-state index contributed by atoms with van der Waals surface area (Å²) in [6, 6.07) is 15.6. The number of rotatable bonds is 6. The molecule has 1 unspecified atom stereocenters. The van der Waals surface area contributed by atoms with Crippen LogP contribution in [0.4, 0.5) is 5.69 Å². The van der Waals surface area contributed by atoms with Crippen LogP contribution in [0, 0.1) is 11.3 Å². The molecule has 32 heavy (non-hydrogen) atoms. The minimum absolute atomic E-state index is 0.0566. The van der Waals surface area contributed by atoms with Crippen molar-refractivity contribution >= 4 is 21.6 Å². The number of amides is 1.